The fourth-order valence-corrected chi connectivity index (χ4v) is 3.67. The standard InChI is InChI=1S/C14H22N4O/c1-9-5-10(2)17(16-9)8-14(19)18-12-3-4-13(18)7-11(15)6-12/h5,11-13H,3-4,6-8,15H2,1-2H3. The zero-order valence-electron chi connectivity index (χ0n) is 11.7. The molecule has 2 atom stereocenters. The molecular formula is C14H22N4O. The third kappa shape index (κ3) is 2.27. The summed E-state index contributed by atoms with van der Waals surface area (Å²) in [6.07, 6.45) is 4.14. The number of carbonyl (C=O) groups excluding carboxylic acids is 1. The van der Waals surface area contributed by atoms with Crippen LogP contribution in [-0.4, -0.2) is 38.7 Å². The number of carbonyl (C=O) groups is 1. The lowest BCUT2D eigenvalue weighted by Gasteiger charge is -2.37. The van der Waals surface area contributed by atoms with Crippen LogP contribution in [0.15, 0.2) is 6.07 Å². The Morgan fingerprint density at radius 2 is 2.00 bits per heavy atom. The molecule has 1 aromatic rings. The lowest BCUT2D eigenvalue weighted by Crippen LogP contribution is -2.51. The van der Waals surface area contributed by atoms with Gasteiger partial charge in [0.15, 0.2) is 0 Å². The quantitative estimate of drug-likeness (QED) is 0.864. The van der Waals surface area contributed by atoms with Crippen molar-refractivity contribution in [1.82, 2.24) is 14.7 Å². The van der Waals surface area contributed by atoms with Crippen molar-refractivity contribution < 1.29 is 4.79 Å². The summed E-state index contributed by atoms with van der Waals surface area (Å²) in [7, 11) is 0. The first kappa shape index (κ1) is 12.7. The number of aromatic nitrogens is 2. The number of aryl methyl sites for hydroxylation is 2. The summed E-state index contributed by atoms with van der Waals surface area (Å²) >= 11 is 0. The van der Waals surface area contributed by atoms with Crippen molar-refractivity contribution in [2.45, 2.75) is 64.2 Å². The van der Waals surface area contributed by atoms with Gasteiger partial charge in [0.1, 0.15) is 6.54 Å². The van der Waals surface area contributed by atoms with Crippen molar-refractivity contribution in [3.05, 3.63) is 17.5 Å². The fraction of sp³-hybridized carbons (Fsp3) is 0.714. The summed E-state index contributed by atoms with van der Waals surface area (Å²) in [6, 6.07) is 3.00. The van der Waals surface area contributed by atoms with E-state index < -0.39 is 0 Å². The molecular weight excluding hydrogens is 240 g/mol. The summed E-state index contributed by atoms with van der Waals surface area (Å²) in [5, 5.41) is 4.37. The van der Waals surface area contributed by atoms with Crippen molar-refractivity contribution in [2.24, 2.45) is 5.73 Å². The van der Waals surface area contributed by atoms with Crippen molar-refractivity contribution in [3.63, 3.8) is 0 Å². The second kappa shape index (κ2) is 4.63. The van der Waals surface area contributed by atoms with Crippen LogP contribution in [0.25, 0.3) is 0 Å². The fourth-order valence-electron chi connectivity index (χ4n) is 3.67. The van der Waals surface area contributed by atoms with Crippen LogP contribution in [0.4, 0.5) is 0 Å². The number of amides is 1. The van der Waals surface area contributed by atoms with Gasteiger partial charge >= 0.3 is 0 Å². The van der Waals surface area contributed by atoms with Crippen molar-refractivity contribution in [2.75, 3.05) is 0 Å². The van der Waals surface area contributed by atoms with Crippen molar-refractivity contribution in [1.29, 1.82) is 0 Å². The molecule has 2 aliphatic heterocycles. The largest absolute Gasteiger partial charge is 0.335 e. The molecule has 19 heavy (non-hydrogen) atoms. The summed E-state index contributed by atoms with van der Waals surface area (Å²) in [5.74, 6) is 0.200. The Balaban J connectivity index is 1.73. The molecule has 0 saturated carbocycles. The monoisotopic (exact) mass is 262 g/mol. The first-order chi connectivity index (χ1) is 9.04. The molecule has 104 valence electrons. The van der Waals surface area contributed by atoms with E-state index in [0.29, 0.717) is 18.6 Å². The molecule has 3 rings (SSSR count). The molecule has 2 bridgehead atoms. The van der Waals surface area contributed by atoms with Gasteiger partial charge in [-0.2, -0.15) is 5.10 Å². The van der Waals surface area contributed by atoms with E-state index in [-0.39, 0.29) is 11.9 Å². The maximum absolute atomic E-state index is 12.5. The predicted molar refractivity (Wildman–Crippen MR) is 72.6 cm³/mol. The first-order valence-electron chi connectivity index (χ1n) is 7.12. The average Bonchev–Trinajstić information content (AvgIpc) is 2.77. The van der Waals surface area contributed by atoms with Crippen LogP contribution in [-0.2, 0) is 11.3 Å². The molecule has 5 heteroatoms. The number of fused-ring (bicyclic) bond motifs is 2. The Labute approximate surface area is 113 Å². The van der Waals surface area contributed by atoms with E-state index in [0.717, 1.165) is 37.1 Å². The lowest BCUT2D eigenvalue weighted by molar-refractivity contribution is -0.136. The van der Waals surface area contributed by atoms with Crippen LogP contribution in [0, 0.1) is 13.8 Å². The third-order valence-corrected chi connectivity index (χ3v) is 4.45. The van der Waals surface area contributed by atoms with Gasteiger partial charge in [0.2, 0.25) is 5.91 Å². The van der Waals surface area contributed by atoms with Crippen LogP contribution in [0.3, 0.4) is 0 Å². The predicted octanol–water partition coefficient (Wildman–Crippen LogP) is 0.981. The normalized spacial score (nSPS) is 29.8. The van der Waals surface area contributed by atoms with Crippen LogP contribution in [0.1, 0.15) is 37.1 Å². The number of nitrogens with two attached hydrogens (primary N) is 1. The second-order valence-electron chi connectivity index (χ2n) is 6.00. The number of rotatable bonds is 2. The Kier molecular flexibility index (Phi) is 3.09. The molecule has 0 aliphatic carbocycles. The van der Waals surface area contributed by atoms with Gasteiger partial charge in [0.25, 0.3) is 0 Å². The molecule has 2 fully saturated rings. The van der Waals surface area contributed by atoms with Gasteiger partial charge in [-0.3, -0.25) is 9.48 Å². The van der Waals surface area contributed by atoms with Gasteiger partial charge in [-0.05, 0) is 45.6 Å². The molecule has 2 N–H and O–H groups in total. The van der Waals surface area contributed by atoms with E-state index in [1.165, 1.54) is 0 Å². The topological polar surface area (TPSA) is 64.2 Å². The summed E-state index contributed by atoms with van der Waals surface area (Å²) in [6.45, 7) is 4.31. The van der Waals surface area contributed by atoms with Gasteiger partial charge < -0.3 is 10.6 Å². The van der Waals surface area contributed by atoms with Crippen LogP contribution in [0.2, 0.25) is 0 Å². The minimum absolute atomic E-state index is 0.200. The van der Waals surface area contributed by atoms with E-state index in [9.17, 15) is 4.79 Å². The van der Waals surface area contributed by atoms with Gasteiger partial charge in [0.05, 0.1) is 5.69 Å². The Hall–Kier alpha value is -1.36. The summed E-state index contributed by atoms with van der Waals surface area (Å²) in [4.78, 5) is 14.6. The first-order valence-corrected chi connectivity index (χ1v) is 7.12. The van der Waals surface area contributed by atoms with E-state index >= 15 is 0 Å². The van der Waals surface area contributed by atoms with Gasteiger partial charge in [-0.15, -0.1) is 0 Å². The number of nitrogens with zero attached hydrogens (tertiary/aromatic N) is 3. The minimum atomic E-state index is 0.200. The number of hydrogen-bond acceptors (Lipinski definition) is 3. The van der Waals surface area contributed by atoms with Crippen molar-refractivity contribution >= 4 is 5.91 Å². The molecule has 2 aliphatic rings. The maximum Gasteiger partial charge on any atom is 0.244 e. The lowest BCUT2D eigenvalue weighted by atomic mass is 9.98. The molecule has 2 unspecified atom stereocenters. The van der Waals surface area contributed by atoms with E-state index in [4.69, 9.17) is 5.73 Å². The molecule has 1 amide bonds. The average molecular weight is 262 g/mol. The number of piperidine rings is 1. The number of hydrogen-bond donors (Lipinski definition) is 1. The highest BCUT2D eigenvalue weighted by Crippen LogP contribution is 2.35. The SMILES string of the molecule is Cc1cc(C)n(CC(=O)N2C3CCC2CC(N)C3)n1. The molecule has 2 saturated heterocycles. The molecule has 0 radical (unpaired) electrons. The summed E-state index contributed by atoms with van der Waals surface area (Å²) in [5.41, 5.74) is 8.06. The van der Waals surface area contributed by atoms with Crippen LogP contribution < -0.4 is 5.73 Å². The van der Waals surface area contributed by atoms with Gasteiger partial charge in [-0.1, -0.05) is 0 Å². The van der Waals surface area contributed by atoms with Gasteiger partial charge in [0, 0.05) is 23.8 Å². The highest BCUT2D eigenvalue weighted by atomic mass is 16.2. The maximum atomic E-state index is 12.5. The third-order valence-electron chi connectivity index (χ3n) is 4.45. The van der Waals surface area contributed by atoms with E-state index in [1.807, 2.05) is 24.6 Å². The van der Waals surface area contributed by atoms with E-state index in [2.05, 4.69) is 10.00 Å². The summed E-state index contributed by atoms with van der Waals surface area (Å²) < 4.78 is 1.81. The Bertz CT molecular complexity index is 482. The molecule has 0 spiro atoms. The van der Waals surface area contributed by atoms with Crippen LogP contribution >= 0.6 is 0 Å². The molecule has 5 nitrogen and oxygen atoms in total. The van der Waals surface area contributed by atoms with Crippen molar-refractivity contribution in [3.8, 4) is 0 Å². The zero-order chi connectivity index (χ0) is 13.6. The minimum Gasteiger partial charge on any atom is -0.335 e. The zero-order valence-corrected chi connectivity index (χ0v) is 11.7. The second-order valence-corrected chi connectivity index (χ2v) is 6.00. The smallest absolute Gasteiger partial charge is 0.244 e. The molecule has 0 aromatic carbocycles. The molecule has 3 heterocycles. The highest BCUT2D eigenvalue weighted by molar-refractivity contribution is 5.77. The Morgan fingerprint density at radius 3 is 2.53 bits per heavy atom. The highest BCUT2D eigenvalue weighted by Gasteiger charge is 2.42. The van der Waals surface area contributed by atoms with Crippen LogP contribution in [0.5, 0.6) is 0 Å². The molecule has 1 aromatic heterocycles. The van der Waals surface area contributed by atoms with E-state index in [1.54, 1.807) is 0 Å². The Morgan fingerprint density at radius 1 is 1.37 bits per heavy atom. The van der Waals surface area contributed by atoms with Gasteiger partial charge in [-0.25, -0.2) is 0 Å².